The number of aliphatic hydroxyl groups is 1. The highest BCUT2D eigenvalue weighted by Gasteiger charge is 2.37. The number of fused-ring (bicyclic) bond motifs is 1. The Bertz CT molecular complexity index is 1090. The number of methoxy groups -OCH3 is 2. The molecule has 0 saturated carbocycles. The summed E-state index contributed by atoms with van der Waals surface area (Å²) in [7, 11) is 3.00. The second kappa shape index (κ2) is 8.10. The van der Waals surface area contributed by atoms with Crippen LogP contribution in [0.15, 0.2) is 41.7 Å². The third-order valence-electron chi connectivity index (χ3n) is 4.97. The van der Waals surface area contributed by atoms with Gasteiger partial charge in [0.1, 0.15) is 18.1 Å². The molecule has 2 aliphatic heterocycles. The van der Waals surface area contributed by atoms with Crippen LogP contribution in [0.2, 0.25) is 0 Å². The molecule has 1 N–H and O–H groups in total. The molecule has 2 aromatic rings. The van der Waals surface area contributed by atoms with Crippen LogP contribution in [0.4, 0.5) is 0 Å². The van der Waals surface area contributed by atoms with Gasteiger partial charge in [-0.25, -0.2) is 4.79 Å². The third kappa shape index (κ3) is 3.70. The van der Waals surface area contributed by atoms with Crippen LogP contribution in [0.5, 0.6) is 28.7 Å². The Morgan fingerprint density at radius 1 is 1.00 bits per heavy atom. The maximum Gasteiger partial charge on any atom is 0.338 e. The predicted molar refractivity (Wildman–Crippen MR) is 106 cm³/mol. The van der Waals surface area contributed by atoms with Gasteiger partial charge in [-0.2, -0.15) is 0 Å². The van der Waals surface area contributed by atoms with Gasteiger partial charge in [0.15, 0.2) is 23.0 Å². The molecule has 2 heterocycles. The maximum absolute atomic E-state index is 12.6. The lowest BCUT2D eigenvalue weighted by molar-refractivity contribution is -0.136. The quantitative estimate of drug-likeness (QED) is 0.548. The van der Waals surface area contributed by atoms with Crippen molar-refractivity contribution in [3.63, 3.8) is 0 Å². The molecule has 9 nitrogen and oxygen atoms in total. The molecule has 2 aromatic carbocycles. The molecule has 0 radical (unpaired) electrons. The lowest BCUT2D eigenvalue weighted by Gasteiger charge is -2.22. The highest BCUT2D eigenvalue weighted by atomic mass is 16.7. The number of cyclic esters (lactones) is 1. The number of esters is 2. The molecule has 0 aromatic heterocycles. The maximum atomic E-state index is 12.6. The lowest BCUT2D eigenvalue weighted by Crippen LogP contribution is -2.15. The van der Waals surface area contributed by atoms with Gasteiger partial charge in [-0.1, -0.05) is 6.07 Å². The highest BCUT2D eigenvalue weighted by molar-refractivity contribution is 5.94. The number of rotatable bonds is 6. The Balaban J connectivity index is 1.96. The molecule has 0 aliphatic carbocycles. The Morgan fingerprint density at radius 3 is 2.32 bits per heavy atom. The van der Waals surface area contributed by atoms with E-state index >= 15 is 0 Å². The number of hydrogen-bond acceptors (Lipinski definition) is 9. The smallest absolute Gasteiger partial charge is 0.338 e. The molecular formula is C22H20O9. The van der Waals surface area contributed by atoms with Crippen LogP contribution in [0.3, 0.4) is 0 Å². The summed E-state index contributed by atoms with van der Waals surface area (Å²) in [4.78, 5) is 24.3. The van der Waals surface area contributed by atoms with Gasteiger partial charge in [0, 0.05) is 24.5 Å². The zero-order valence-corrected chi connectivity index (χ0v) is 17.1. The minimum atomic E-state index is -0.848. The van der Waals surface area contributed by atoms with Gasteiger partial charge in [-0.15, -0.1) is 0 Å². The van der Waals surface area contributed by atoms with Gasteiger partial charge in [0.2, 0.25) is 6.79 Å². The molecule has 9 heteroatoms. The highest BCUT2D eigenvalue weighted by Crippen LogP contribution is 2.47. The molecule has 0 spiro atoms. The standard InChI is InChI=1S/C22H20O9/c1-11(23)31-16-8-19-18(29-10-30-19)7-13(16)20(21-14(24)9-28-22(21)25)12-4-5-15(26-2)17(6-12)27-3/h4-8,20,24H,9-10H2,1-3H3/t20-/m1/s1. The zero-order chi connectivity index (χ0) is 22.1. The van der Waals surface area contributed by atoms with Crippen molar-refractivity contribution in [3.8, 4) is 28.7 Å². The van der Waals surface area contributed by atoms with E-state index in [1.165, 1.54) is 27.2 Å². The molecule has 4 rings (SSSR count). The molecule has 162 valence electrons. The second-order valence-corrected chi connectivity index (χ2v) is 6.82. The van der Waals surface area contributed by atoms with E-state index in [4.69, 9.17) is 28.4 Å². The molecule has 31 heavy (non-hydrogen) atoms. The minimum Gasteiger partial charge on any atom is -0.508 e. The zero-order valence-electron chi connectivity index (χ0n) is 17.1. The SMILES string of the molecule is COc1ccc([C@@H](C2=C(O)COC2=O)c2cc3c(cc2OC(C)=O)OCO3)cc1OC. The normalized spacial score (nSPS) is 15.5. The molecule has 0 unspecified atom stereocenters. The first-order valence-corrected chi connectivity index (χ1v) is 9.36. The van der Waals surface area contributed by atoms with Crippen molar-refractivity contribution in [1.29, 1.82) is 0 Å². The van der Waals surface area contributed by atoms with Crippen LogP contribution in [0.25, 0.3) is 0 Å². The molecule has 0 amide bonds. The number of hydrogen-bond donors (Lipinski definition) is 1. The van der Waals surface area contributed by atoms with Crippen molar-refractivity contribution in [2.75, 3.05) is 27.6 Å². The van der Waals surface area contributed by atoms with Crippen molar-refractivity contribution < 1.29 is 43.1 Å². The summed E-state index contributed by atoms with van der Waals surface area (Å²) in [6.07, 6.45) is 0. The van der Waals surface area contributed by atoms with Crippen molar-refractivity contribution >= 4 is 11.9 Å². The van der Waals surface area contributed by atoms with Crippen LogP contribution >= 0.6 is 0 Å². The summed E-state index contributed by atoms with van der Waals surface area (Å²) in [5.74, 6) is -0.399. The van der Waals surface area contributed by atoms with Crippen LogP contribution in [0.1, 0.15) is 24.0 Å². The number of carbonyl (C=O) groups excluding carboxylic acids is 2. The van der Waals surface area contributed by atoms with E-state index in [0.717, 1.165) is 0 Å². The topological polar surface area (TPSA) is 110 Å². The lowest BCUT2D eigenvalue weighted by atomic mass is 9.83. The summed E-state index contributed by atoms with van der Waals surface area (Å²) in [5, 5.41) is 10.5. The first kappa shape index (κ1) is 20.4. The Labute approximate surface area is 177 Å². The van der Waals surface area contributed by atoms with E-state index in [0.29, 0.717) is 34.1 Å². The van der Waals surface area contributed by atoms with Crippen LogP contribution in [-0.2, 0) is 14.3 Å². The molecule has 0 bridgehead atoms. The van der Waals surface area contributed by atoms with E-state index in [9.17, 15) is 14.7 Å². The number of carbonyl (C=O) groups is 2. The Morgan fingerprint density at radius 2 is 1.71 bits per heavy atom. The van der Waals surface area contributed by atoms with Gasteiger partial charge in [0.05, 0.1) is 19.8 Å². The molecule has 2 aliphatic rings. The first-order valence-electron chi connectivity index (χ1n) is 9.36. The summed E-state index contributed by atoms with van der Waals surface area (Å²) < 4.78 is 32.0. The van der Waals surface area contributed by atoms with E-state index in [1.807, 2.05) is 0 Å². The van der Waals surface area contributed by atoms with E-state index in [1.54, 1.807) is 24.3 Å². The Kier molecular flexibility index (Phi) is 5.33. The predicted octanol–water partition coefficient (Wildman–Crippen LogP) is 2.86. The van der Waals surface area contributed by atoms with Crippen molar-refractivity contribution in [1.82, 2.24) is 0 Å². The number of aliphatic hydroxyl groups excluding tert-OH is 1. The fourth-order valence-electron chi connectivity index (χ4n) is 3.63. The summed E-state index contributed by atoms with van der Waals surface area (Å²) in [6, 6.07) is 8.22. The van der Waals surface area contributed by atoms with Crippen molar-refractivity contribution in [2.45, 2.75) is 12.8 Å². The Hall–Kier alpha value is -3.88. The summed E-state index contributed by atoms with van der Waals surface area (Å²) in [5.41, 5.74) is 1.01. The van der Waals surface area contributed by atoms with Crippen molar-refractivity contribution in [3.05, 3.63) is 52.8 Å². The largest absolute Gasteiger partial charge is 0.508 e. The monoisotopic (exact) mass is 428 g/mol. The molecule has 0 fully saturated rings. The molecule has 0 saturated heterocycles. The van der Waals surface area contributed by atoms with E-state index < -0.39 is 17.9 Å². The van der Waals surface area contributed by atoms with Crippen molar-refractivity contribution in [2.24, 2.45) is 0 Å². The molecule has 1 atom stereocenters. The van der Waals surface area contributed by atoms with E-state index in [-0.39, 0.29) is 30.5 Å². The van der Waals surface area contributed by atoms with Gasteiger partial charge >= 0.3 is 11.9 Å². The summed E-state index contributed by atoms with van der Waals surface area (Å²) >= 11 is 0. The van der Waals surface area contributed by atoms with Crippen LogP contribution in [0, 0.1) is 0 Å². The fraction of sp³-hybridized carbons (Fsp3) is 0.273. The fourth-order valence-corrected chi connectivity index (χ4v) is 3.63. The minimum absolute atomic E-state index is 0.00924. The van der Waals surface area contributed by atoms with E-state index in [2.05, 4.69) is 0 Å². The average Bonchev–Trinajstić information content (AvgIpc) is 3.34. The first-order chi connectivity index (χ1) is 14.9. The number of ether oxygens (including phenoxy) is 6. The van der Waals surface area contributed by atoms with Gasteiger partial charge in [0.25, 0.3) is 0 Å². The summed E-state index contributed by atoms with van der Waals surface area (Å²) in [6.45, 7) is 1.03. The van der Waals surface area contributed by atoms with Gasteiger partial charge in [-0.3, -0.25) is 4.79 Å². The van der Waals surface area contributed by atoms with Crippen LogP contribution < -0.4 is 23.7 Å². The average molecular weight is 428 g/mol. The third-order valence-corrected chi connectivity index (χ3v) is 4.97. The van der Waals surface area contributed by atoms with Gasteiger partial charge in [-0.05, 0) is 23.8 Å². The number of benzene rings is 2. The van der Waals surface area contributed by atoms with Crippen LogP contribution in [-0.4, -0.2) is 44.7 Å². The molecular weight excluding hydrogens is 408 g/mol. The second-order valence-electron chi connectivity index (χ2n) is 6.82. The van der Waals surface area contributed by atoms with Gasteiger partial charge < -0.3 is 33.5 Å².